The summed E-state index contributed by atoms with van der Waals surface area (Å²) in [5.74, 6) is 0.606. The minimum Gasteiger partial charge on any atom is -0.309 e. The topological polar surface area (TPSA) is 35.6 Å². The molecule has 0 atom stereocenters. The van der Waals surface area contributed by atoms with Crippen molar-refractivity contribution in [3.05, 3.63) is 204 Å². The van der Waals surface area contributed by atoms with Crippen LogP contribution in [0.4, 0.5) is 13.2 Å². The Balaban J connectivity index is 1.19. The number of hydrogen-bond donors (Lipinski definition) is 0. The molecule has 4 nitrogen and oxygen atoms in total. The Morgan fingerprint density at radius 3 is 1.49 bits per heavy atom. The number of nitrogens with zero attached hydrogens (tertiary/aromatic N) is 4. The molecule has 0 aliphatic rings. The van der Waals surface area contributed by atoms with Gasteiger partial charge in [0.25, 0.3) is 0 Å². The molecule has 3 aromatic heterocycles. The molecular formula is C56H39F3N4. The Morgan fingerprint density at radius 1 is 0.397 bits per heavy atom. The van der Waals surface area contributed by atoms with E-state index in [1.165, 1.54) is 34.0 Å². The van der Waals surface area contributed by atoms with Gasteiger partial charge in [-0.1, -0.05) is 114 Å². The zero-order valence-corrected chi connectivity index (χ0v) is 34.7. The summed E-state index contributed by atoms with van der Waals surface area (Å²) in [4.78, 5) is 10.2. The molecule has 0 N–H and O–H groups in total. The fraction of sp³-hybridized carbons (Fsp3) is 0.0714. The average Bonchev–Trinajstić information content (AvgIpc) is 3.80. The lowest BCUT2D eigenvalue weighted by molar-refractivity contribution is -0.137. The van der Waals surface area contributed by atoms with Gasteiger partial charge in [-0.3, -0.25) is 0 Å². The molecule has 8 aromatic carbocycles. The molecule has 11 rings (SSSR count). The van der Waals surface area contributed by atoms with Gasteiger partial charge in [0.1, 0.15) is 0 Å². The number of aromatic nitrogens is 4. The molecule has 0 saturated heterocycles. The highest BCUT2D eigenvalue weighted by Gasteiger charge is 2.31. The van der Waals surface area contributed by atoms with Crippen molar-refractivity contribution in [3.8, 4) is 56.4 Å². The monoisotopic (exact) mass is 824 g/mol. The second kappa shape index (κ2) is 14.7. The highest BCUT2D eigenvalue weighted by atomic mass is 19.4. The van der Waals surface area contributed by atoms with Crippen molar-refractivity contribution in [1.29, 1.82) is 0 Å². The molecule has 63 heavy (non-hydrogen) atoms. The number of benzene rings is 8. The summed E-state index contributed by atoms with van der Waals surface area (Å²) in [6.07, 6.45) is -4.49. The van der Waals surface area contributed by atoms with Gasteiger partial charge in [-0.25, -0.2) is 9.97 Å². The maximum absolute atomic E-state index is 14.3. The number of halogens is 3. The van der Waals surface area contributed by atoms with E-state index in [1.54, 1.807) is 6.07 Å². The van der Waals surface area contributed by atoms with E-state index in [4.69, 9.17) is 9.97 Å². The summed E-state index contributed by atoms with van der Waals surface area (Å²) < 4.78 is 47.2. The predicted octanol–water partition coefficient (Wildman–Crippen LogP) is 15.3. The molecule has 11 aromatic rings. The lowest BCUT2D eigenvalue weighted by atomic mass is 9.97. The van der Waals surface area contributed by atoms with E-state index in [-0.39, 0.29) is 0 Å². The van der Waals surface area contributed by atoms with E-state index in [2.05, 4.69) is 102 Å². The first kappa shape index (κ1) is 38.2. The predicted molar refractivity (Wildman–Crippen MR) is 252 cm³/mol. The average molecular weight is 825 g/mol. The van der Waals surface area contributed by atoms with Crippen LogP contribution in [0.5, 0.6) is 0 Å². The molecule has 0 aliphatic carbocycles. The smallest absolute Gasteiger partial charge is 0.309 e. The zero-order valence-electron chi connectivity index (χ0n) is 34.7. The highest BCUT2D eigenvalue weighted by Crippen LogP contribution is 2.42. The van der Waals surface area contributed by atoms with Crippen molar-refractivity contribution in [2.75, 3.05) is 0 Å². The van der Waals surface area contributed by atoms with Crippen LogP contribution in [0.3, 0.4) is 0 Å². The van der Waals surface area contributed by atoms with E-state index in [1.807, 2.05) is 91.9 Å². The SMILES string of the molecule is Cc1ccc2c(c1)c1cc(C)ccc1n2-c1cccc(-c2cc(-c3cc(-c4ccccc4)nc(-c4ccccc4)n3)ccc2-n2c3ccc(C)cc3c3cc(C(F)(F)F)ccc32)c1. The Kier molecular flexibility index (Phi) is 8.91. The minimum absolute atomic E-state index is 0.541. The van der Waals surface area contributed by atoms with Crippen LogP contribution >= 0.6 is 0 Å². The summed E-state index contributed by atoms with van der Waals surface area (Å²) in [7, 11) is 0. The maximum atomic E-state index is 14.3. The fourth-order valence-corrected chi connectivity index (χ4v) is 9.10. The van der Waals surface area contributed by atoms with Crippen molar-refractivity contribution in [1.82, 2.24) is 19.1 Å². The van der Waals surface area contributed by atoms with Crippen LogP contribution in [0.15, 0.2) is 182 Å². The Hall–Kier alpha value is -7.77. The van der Waals surface area contributed by atoms with E-state index < -0.39 is 11.7 Å². The van der Waals surface area contributed by atoms with E-state index in [0.717, 1.165) is 78.1 Å². The first-order valence-corrected chi connectivity index (χ1v) is 21.0. The first-order chi connectivity index (χ1) is 30.6. The number of alkyl halides is 3. The van der Waals surface area contributed by atoms with Gasteiger partial charge in [-0.05, 0) is 111 Å². The molecule has 0 spiro atoms. The lowest BCUT2D eigenvalue weighted by Gasteiger charge is -2.18. The summed E-state index contributed by atoms with van der Waals surface area (Å²) in [5, 5.41) is 3.67. The van der Waals surface area contributed by atoms with E-state index >= 15 is 0 Å². The highest BCUT2D eigenvalue weighted by molar-refractivity contribution is 6.11. The number of aryl methyl sites for hydroxylation is 3. The molecule has 0 radical (unpaired) electrons. The Morgan fingerprint density at radius 2 is 0.905 bits per heavy atom. The molecule has 3 heterocycles. The van der Waals surface area contributed by atoms with Gasteiger partial charge < -0.3 is 9.13 Å². The molecule has 0 bridgehead atoms. The van der Waals surface area contributed by atoms with Gasteiger partial charge >= 0.3 is 6.18 Å². The number of rotatable bonds is 6. The molecule has 0 unspecified atom stereocenters. The molecule has 0 amide bonds. The standard InChI is InChI=1S/C56H39F3N4/c1-34-17-22-51-44(27-34)45-28-35(2)18-23-52(45)62(51)42-16-10-15-39(30-42)43-31-40(49-33-48(37-11-6-4-7-12-37)60-55(61-49)38-13-8-5-9-14-38)20-25-50(43)63-53-24-19-36(3)29-46(53)47-32-41(56(57,58)59)21-26-54(47)63/h4-33H,1-3H3. The van der Waals surface area contributed by atoms with Gasteiger partial charge in [0.2, 0.25) is 0 Å². The Labute approximate surface area is 362 Å². The zero-order chi connectivity index (χ0) is 43.0. The van der Waals surface area contributed by atoms with Crippen LogP contribution in [-0.2, 0) is 6.18 Å². The molecule has 0 fully saturated rings. The quantitative estimate of drug-likeness (QED) is 0.167. The molecule has 0 saturated carbocycles. The van der Waals surface area contributed by atoms with Crippen molar-refractivity contribution in [2.45, 2.75) is 26.9 Å². The maximum Gasteiger partial charge on any atom is 0.416 e. The number of hydrogen-bond acceptors (Lipinski definition) is 2. The summed E-state index contributed by atoms with van der Waals surface area (Å²) in [5.41, 5.74) is 14.3. The second-order valence-electron chi connectivity index (χ2n) is 16.4. The summed E-state index contributed by atoms with van der Waals surface area (Å²) >= 11 is 0. The van der Waals surface area contributed by atoms with Gasteiger partial charge in [-0.2, -0.15) is 13.2 Å². The van der Waals surface area contributed by atoms with Crippen LogP contribution in [0.25, 0.3) is 100 Å². The Bertz CT molecular complexity index is 3470. The minimum atomic E-state index is -4.49. The normalized spacial score (nSPS) is 12.0. The van der Waals surface area contributed by atoms with Gasteiger partial charge in [0.05, 0.1) is 44.7 Å². The van der Waals surface area contributed by atoms with Crippen LogP contribution in [-0.4, -0.2) is 19.1 Å². The second-order valence-corrected chi connectivity index (χ2v) is 16.4. The molecule has 304 valence electrons. The van der Waals surface area contributed by atoms with Gasteiger partial charge in [0, 0.05) is 49.5 Å². The third-order valence-corrected chi connectivity index (χ3v) is 12.1. The molecule has 0 aliphatic heterocycles. The molecule has 7 heteroatoms. The third kappa shape index (κ3) is 6.64. The van der Waals surface area contributed by atoms with Crippen LogP contribution in [0.2, 0.25) is 0 Å². The van der Waals surface area contributed by atoms with Gasteiger partial charge in [-0.15, -0.1) is 0 Å². The molecular weight excluding hydrogens is 786 g/mol. The fourth-order valence-electron chi connectivity index (χ4n) is 9.10. The van der Waals surface area contributed by atoms with Crippen LogP contribution in [0, 0.1) is 20.8 Å². The first-order valence-electron chi connectivity index (χ1n) is 21.0. The van der Waals surface area contributed by atoms with E-state index in [9.17, 15) is 13.2 Å². The summed E-state index contributed by atoms with van der Waals surface area (Å²) in [6.45, 7) is 6.21. The van der Waals surface area contributed by atoms with Crippen molar-refractivity contribution in [2.24, 2.45) is 0 Å². The van der Waals surface area contributed by atoms with E-state index in [0.29, 0.717) is 16.7 Å². The number of fused-ring (bicyclic) bond motifs is 6. The van der Waals surface area contributed by atoms with Crippen molar-refractivity contribution in [3.63, 3.8) is 0 Å². The van der Waals surface area contributed by atoms with Crippen LogP contribution < -0.4 is 0 Å². The third-order valence-electron chi connectivity index (χ3n) is 12.1. The van der Waals surface area contributed by atoms with Crippen molar-refractivity contribution >= 4 is 43.6 Å². The summed E-state index contributed by atoms with van der Waals surface area (Å²) in [6, 6.07) is 60.2. The largest absolute Gasteiger partial charge is 0.416 e. The van der Waals surface area contributed by atoms with Crippen LogP contribution in [0.1, 0.15) is 22.3 Å². The van der Waals surface area contributed by atoms with Gasteiger partial charge in [0.15, 0.2) is 5.82 Å². The lowest BCUT2D eigenvalue weighted by Crippen LogP contribution is -2.04. The van der Waals surface area contributed by atoms with Crippen molar-refractivity contribution < 1.29 is 13.2 Å².